The number of aromatic nitrogens is 1. The topological polar surface area (TPSA) is 29.3 Å². The first-order valence-electron chi connectivity index (χ1n) is 9.32. The zero-order chi connectivity index (χ0) is 17.4. The number of aryl methyl sites for hydroxylation is 2. The predicted octanol–water partition coefficient (Wildman–Crippen LogP) is 5.14. The van der Waals surface area contributed by atoms with Crippen LogP contribution in [0, 0.1) is 13.8 Å². The summed E-state index contributed by atoms with van der Waals surface area (Å²) in [5, 5.41) is 6.66. The van der Waals surface area contributed by atoms with Crippen LogP contribution >= 0.6 is 0 Å². The number of likely N-dealkylation sites (tertiary alicyclic amines) is 1. The summed E-state index contributed by atoms with van der Waals surface area (Å²) in [6.45, 7) is 8.75. The second kappa shape index (κ2) is 6.64. The standard InChI is InChI=1S/C22H26N2O/c1-15-5-4-11-24(15)12-10-18-6-7-20-14-21(9-8-19(20)13-18)22-16(2)23-25-17(22)3/h6-9,13-15H,4-5,10-12H2,1-3H3/t15-/m0/s1. The van der Waals surface area contributed by atoms with Gasteiger partial charge in [-0.15, -0.1) is 0 Å². The SMILES string of the molecule is Cc1noc(C)c1-c1ccc2cc(CCN3CCC[C@@H]3C)ccc2c1. The highest BCUT2D eigenvalue weighted by atomic mass is 16.5. The van der Waals surface area contributed by atoms with Crippen molar-refractivity contribution in [2.24, 2.45) is 0 Å². The van der Waals surface area contributed by atoms with Crippen molar-refractivity contribution in [1.82, 2.24) is 10.1 Å². The molecule has 2 aromatic carbocycles. The molecule has 25 heavy (non-hydrogen) atoms. The molecule has 0 N–H and O–H groups in total. The fourth-order valence-corrected chi connectivity index (χ4v) is 4.10. The Kier molecular flexibility index (Phi) is 4.34. The van der Waals surface area contributed by atoms with E-state index in [0.717, 1.165) is 29.5 Å². The first-order chi connectivity index (χ1) is 12.1. The number of fused-ring (bicyclic) bond motifs is 1. The Morgan fingerprint density at radius 2 is 1.92 bits per heavy atom. The lowest BCUT2D eigenvalue weighted by molar-refractivity contribution is 0.272. The zero-order valence-corrected chi connectivity index (χ0v) is 15.4. The van der Waals surface area contributed by atoms with Crippen molar-refractivity contribution in [3.63, 3.8) is 0 Å². The van der Waals surface area contributed by atoms with E-state index in [9.17, 15) is 0 Å². The van der Waals surface area contributed by atoms with Crippen LogP contribution in [-0.2, 0) is 6.42 Å². The molecule has 130 valence electrons. The number of hydrogen-bond acceptors (Lipinski definition) is 3. The van der Waals surface area contributed by atoms with Gasteiger partial charge in [-0.3, -0.25) is 0 Å². The fraction of sp³-hybridized carbons (Fsp3) is 0.409. The van der Waals surface area contributed by atoms with E-state index in [-0.39, 0.29) is 0 Å². The molecule has 3 heteroatoms. The van der Waals surface area contributed by atoms with Gasteiger partial charge in [-0.1, -0.05) is 35.5 Å². The lowest BCUT2D eigenvalue weighted by Crippen LogP contribution is -2.28. The monoisotopic (exact) mass is 334 g/mol. The van der Waals surface area contributed by atoms with Gasteiger partial charge >= 0.3 is 0 Å². The van der Waals surface area contributed by atoms with Crippen LogP contribution in [0.2, 0.25) is 0 Å². The third-order valence-electron chi connectivity index (χ3n) is 5.60. The van der Waals surface area contributed by atoms with E-state index in [1.807, 2.05) is 13.8 Å². The summed E-state index contributed by atoms with van der Waals surface area (Å²) >= 11 is 0. The van der Waals surface area contributed by atoms with Gasteiger partial charge in [0.15, 0.2) is 0 Å². The lowest BCUT2D eigenvalue weighted by atomic mass is 9.98. The first-order valence-corrected chi connectivity index (χ1v) is 9.32. The van der Waals surface area contributed by atoms with Gasteiger partial charge < -0.3 is 9.42 Å². The highest BCUT2D eigenvalue weighted by Crippen LogP contribution is 2.30. The van der Waals surface area contributed by atoms with E-state index in [1.54, 1.807) is 0 Å². The molecule has 4 rings (SSSR count). The molecule has 0 bridgehead atoms. The zero-order valence-electron chi connectivity index (χ0n) is 15.4. The van der Waals surface area contributed by atoms with E-state index >= 15 is 0 Å². The normalized spacial score (nSPS) is 18.3. The molecule has 0 unspecified atom stereocenters. The second-order valence-corrected chi connectivity index (χ2v) is 7.37. The third-order valence-corrected chi connectivity index (χ3v) is 5.60. The minimum absolute atomic E-state index is 0.748. The van der Waals surface area contributed by atoms with Crippen molar-refractivity contribution in [1.29, 1.82) is 0 Å². The first kappa shape index (κ1) is 16.3. The van der Waals surface area contributed by atoms with E-state index in [1.165, 1.54) is 47.8 Å². The molecule has 0 saturated carbocycles. The van der Waals surface area contributed by atoms with Gasteiger partial charge in [-0.05, 0) is 74.5 Å². The van der Waals surface area contributed by atoms with Crippen molar-refractivity contribution < 1.29 is 4.52 Å². The van der Waals surface area contributed by atoms with Crippen LogP contribution in [0.3, 0.4) is 0 Å². The molecular weight excluding hydrogens is 308 g/mol. The number of benzene rings is 2. The molecule has 0 spiro atoms. The summed E-state index contributed by atoms with van der Waals surface area (Å²) in [4.78, 5) is 2.62. The Bertz CT molecular complexity index is 877. The Balaban J connectivity index is 1.56. The fourth-order valence-electron chi connectivity index (χ4n) is 4.10. The number of rotatable bonds is 4. The van der Waals surface area contributed by atoms with Crippen LogP contribution in [0.4, 0.5) is 0 Å². The number of nitrogens with zero attached hydrogens (tertiary/aromatic N) is 2. The molecule has 1 atom stereocenters. The highest BCUT2D eigenvalue weighted by molar-refractivity contribution is 5.88. The maximum atomic E-state index is 5.32. The van der Waals surface area contributed by atoms with Crippen LogP contribution in [0.15, 0.2) is 40.9 Å². The molecule has 0 amide bonds. The third kappa shape index (κ3) is 3.21. The Labute approximate surface area is 149 Å². The van der Waals surface area contributed by atoms with Crippen molar-refractivity contribution in [3.05, 3.63) is 53.4 Å². The Morgan fingerprint density at radius 3 is 2.64 bits per heavy atom. The molecule has 3 nitrogen and oxygen atoms in total. The van der Waals surface area contributed by atoms with Crippen molar-refractivity contribution in [3.8, 4) is 11.1 Å². The van der Waals surface area contributed by atoms with Crippen LogP contribution < -0.4 is 0 Å². The van der Waals surface area contributed by atoms with E-state index in [0.29, 0.717) is 0 Å². The molecular formula is C22H26N2O. The molecule has 0 aliphatic carbocycles. The molecule has 0 radical (unpaired) electrons. The van der Waals surface area contributed by atoms with E-state index in [2.05, 4.69) is 53.4 Å². The average molecular weight is 334 g/mol. The van der Waals surface area contributed by atoms with E-state index in [4.69, 9.17) is 4.52 Å². The van der Waals surface area contributed by atoms with Gasteiger partial charge in [-0.25, -0.2) is 0 Å². The van der Waals surface area contributed by atoms with Gasteiger partial charge in [0.1, 0.15) is 5.76 Å². The lowest BCUT2D eigenvalue weighted by Gasteiger charge is -2.20. The summed E-state index contributed by atoms with van der Waals surface area (Å²) in [6, 6.07) is 14.3. The minimum atomic E-state index is 0.748. The number of hydrogen-bond donors (Lipinski definition) is 0. The van der Waals surface area contributed by atoms with Crippen LogP contribution in [-0.4, -0.2) is 29.2 Å². The molecule has 1 aliphatic rings. The van der Waals surface area contributed by atoms with Crippen molar-refractivity contribution in [2.45, 2.75) is 46.1 Å². The smallest absolute Gasteiger partial charge is 0.141 e. The summed E-state index contributed by atoms with van der Waals surface area (Å²) < 4.78 is 5.32. The molecule has 1 saturated heterocycles. The van der Waals surface area contributed by atoms with Gasteiger partial charge in [0.2, 0.25) is 0 Å². The quantitative estimate of drug-likeness (QED) is 0.661. The Hall–Kier alpha value is -2.13. The largest absolute Gasteiger partial charge is 0.361 e. The Morgan fingerprint density at radius 1 is 1.12 bits per heavy atom. The van der Waals surface area contributed by atoms with Crippen LogP contribution in [0.5, 0.6) is 0 Å². The summed E-state index contributed by atoms with van der Waals surface area (Å²) in [6.07, 6.45) is 3.83. The van der Waals surface area contributed by atoms with Gasteiger partial charge in [0.05, 0.1) is 5.69 Å². The predicted molar refractivity (Wildman–Crippen MR) is 103 cm³/mol. The molecule has 3 aromatic rings. The minimum Gasteiger partial charge on any atom is -0.361 e. The van der Waals surface area contributed by atoms with Crippen LogP contribution in [0.25, 0.3) is 21.9 Å². The molecule has 2 heterocycles. The van der Waals surface area contributed by atoms with Crippen molar-refractivity contribution >= 4 is 10.8 Å². The van der Waals surface area contributed by atoms with Gasteiger partial charge in [0.25, 0.3) is 0 Å². The molecule has 1 aliphatic heterocycles. The molecule has 1 aromatic heterocycles. The van der Waals surface area contributed by atoms with Crippen molar-refractivity contribution in [2.75, 3.05) is 13.1 Å². The van der Waals surface area contributed by atoms with Gasteiger partial charge in [0, 0.05) is 18.2 Å². The average Bonchev–Trinajstić information content (AvgIpc) is 3.17. The summed E-state index contributed by atoms with van der Waals surface area (Å²) in [7, 11) is 0. The highest BCUT2D eigenvalue weighted by Gasteiger charge is 2.19. The maximum Gasteiger partial charge on any atom is 0.141 e. The molecule has 1 fully saturated rings. The van der Waals surface area contributed by atoms with Gasteiger partial charge in [-0.2, -0.15) is 0 Å². The summed E-state index contributed by atoms with van der Waals surface area (Å²) in [5.74, 6) is 0.883. The maximum absolute atomic E-state index is 5.32. The van der Waals surface area contributed by atoms with E-state index < -0.39 is 0 Å². The van der Waals surface area contributed by atoms with Crippen LogP contribution in [0.1, 0.15) is 36.8 Å². The summed E-state index contributed by atoms with van der Waals surface area (Å²) in [5.41, 5.74) is 4.68. The second-order valence-electron chi connectivity index (χ2n) is 7.37.